The Balaban J connectivity index is 2.06. The zero-order valence-corrected chi connectivity index (χ0v) is 12.1. The van der Waals surface area contributed by atoms with Gasteiger partial charge in [0.15, 0.2) is 11.5 Å². The van der Waals surface area contributed by atoms with Crippen molar-refractivity contribution in [2.24, 2.45) is 0 Å². The van der Waals surface area contributed by atoms with Gasteiger partial charge in [0.2, 0.25) is 0 Å². The molecule has 0 unspecified atom stereocenters. The SMILES string of the molecule is Fc1ccc(-c2cc(N3CCNCC3)nnc2C(F)(F)F)cc1. The smallest absolute Gasteiger partial charge is 0.353 e. The first kappa shape index (κ1) is 15.7. The number of alkyl halides is 3. The van der Waals surface area contributed by atoms with Gasteiger partial charge in [0.1, 0.15) is 5.82 Å². The predicted molar refractivity (Wildman–Crippen MR) is 77.5 cm³/mol. The van der Waals surface area contributed by atoms with Gasteiger partial charge < -0.3 is 10.2 Å². The number of hydrogen-bond donors (Lipinski definition) is 1. The third-order valence-electron chi connectivity index (χ3n) is 3.65. The van der Waals surface area contributed by atoms with Crippen molar-refractivity contribution in [1.29, 1.82) is 0 Å². The van der Waals surface area contributed by atoms with E-state index >= 15 is 0 Å². The van der Waals surface area contributed by atoms with Crippen LogP contribution in [-0.4, -0.2) is 36.4 Å². The minimum absolute atomic E-state index is 0.0963. The number of anilines is 1. The van der Waals surface area contributed by atoms with Crippen LogP contribution >= 0.6 is 0 Å². The summed E-state index contributed by atoms with van der Waals surface area (Å²) in [6.07, 6.45) is -4.63. The highest BCUT2D eigenvalue weighted by Crippen LogP contribution is 2.36. The molecule has 0 aliphatic carbocycles. The molecular weight excluding hydrogens is 312 g/mol. The van der Waals surface area contributed by atoms with Crippen molar-refractivity contribution in [3.63, 3.8) is 0 Å². The summed E-state index contributed by atoms with van der Waals surface area (Å²) < 4.78 is 52.6. The van der Waals surface area contributed by atoms with Crippen molar-refractivity contribution in [2.75, 3.05) is 31.1 Å². The van der Waals surface area contributed by atoms with Gasteiger partial charge in [-0.15, -0.1) is 10.2 Å². The molecule has 0 bridgehead atoms. The molecule has 1 aliphatic heterocycles. The Bertz CT molecular complexity index is 679. The summed E-state index contributed by atoms with van der Waals surface area (Å²) in [5.41, 5.74) is -0.908. The lowest BCUT2D eigenvalue weighted by Gasteiger charge is -2.28. The Labute approximate surface area is 130 Å². The Hall–Kier alpha value is -2.22. The average Bonchev–Trinajstić information content (AvgIpc) is 2.55. The van der Waals surface area contributed by atoms with E-state index in [9.17, 15) is 17.6 Å². The van der Waals surface area contributed by atoms with E-state index in [1.165, 1.54) is 18.2 Å². The second-order valence-electron chi connectivity index (χ2n) is 5.21. The Morgan fingerprint density at radius 1 is 1.00 bits per heavy atom. The molecule has 2 heterocycles. The van der Waals surface area contributed by atoms with Crippen LogP contribution in [0.2, 0.25) is 0 Å². The normalized spacial score (nSPS) is 15.7. The average molecular weight is 326 g/mol. The summed E-state index contributed by atoms with van der Waals surface area (Å²) in [6.45, 7) is 2.75. The predicted octanol–water partition coefficient (Wildman–Crippen LogP) is 2.71. The molecule has 1 aliphatic rings. The highest BCUT2D eigenvalue weighted by molar-refractivity contribution is 5.69. The van der Waals surface area contributed by atoms with Crippen LogP contribution in [0.4, 0.5) is 23.4 Å². The first-order chi connectivity index (χ1) is 10.9. The molecule has 1 N–H and O–H groups in total. The zero-order valence-electron chi connectivity index (χ0n) is 12.1. The quantitative estimate of drug-likeness (QED) is 0.862. The van der Waals surface area contributed by atoms with Crippen LogP contribution in [0.3, 0.4) is 0 Å². The molecule has 1 fully saturated rings. The van der Waals surface area contributed by atoms with Gasteiger partial charge >= 0.3 is 6.18 Å². The van der Waals surface area contributed by atoms with Gasteiger partial charge in [-0.3, -0.25) is 0 Å². The second-order valence-corrected chi connectivity index (χ2v) is 5.21. The Morgan fingerprint density at radius 2 is 1.65 bits per heavy atom. The monoisotopic (exact) mass is 326 g/mol. The molecular formula is C15H14F4N4. The van der Waals surface area contributed by atoms with Crippen LogP contribution in [0.5, 0.6) is 0 Å². The molecule has 0 radical (unpaired) electrons. The van der Waals surface area contributed by atoms with E-state index in [4.69, 9.17) is 0 Å². The van der Waals surface area contributed by atoms with Gasteiger partial charge in [0.25, 0.3) is 0 Å². The summed E-state index contributed by atoms with van der Waals surface area (Å²) in [4.78, 5) is 1.87. The molecule has 122 valence electrons. The summed E-state index contributed by atoms with van der Waals surface area (Å²) in [5.74, 6) is -0.120. The van der Waals surface area contributed by atoms with E-state index in [-0.39, 0.29) is 11.1 Å². The van der Waals surface area contributed by atoms with Gasteiger partial charge in [0.05, 0.1) is 0 Å². The lowest BCUT2D eigenvalue weighted by atomic mass is 10.0. The van der Waals surface area contributed by atoms with Crippen molar-refractivity contribution < 1.29 is 17.6 Å². The van der Waals surface area contributed by atoms with E-state index in [0.717, 1.165) is 25.2 Å². The van der Waals surface area contributed by atoms with Crippen LogP contribution in [0.1, 0.15) is 5.69 Å². The molecule has 0 saturated carbocycles. The zero-order chi connectivity index (χ0) is 16.4. The molecule has 1 aromatic carbocycles. The molecule has 1 aromatic heterocycles. The maximum Gasteiger partial charge on any atom is 0.435 e. The van der Waals surface area contributed by atoms with Crippen molar-refractivity contribution >= 4 is 5.82 Å². The molecule has 4 nitrogen and oxygen atoms in total. The number of benzene rings is 1. The highest BCUT2D eigenvalue weighted by atomic mass is 19.4. The fourth-order valence-electron chi connectivity index (χ4n) is 2.49. The lowest BCUT2D eigenvalue weighted by Crippen LogP contribution is -2.44. The van der Waals surface area contributed by atoms with Crippen LogP contribution < -0.4 is 10.2 Å². The maximum absolute atomic E-state index is 13.2. The summed E-state index contributed by atoms with van der Waals surface area (Å²) in [6, 6.07) is 6.24. The Kier molecular flexibility index (Phi) is 4.16. The van der Waals surface area contributed by atoms with Crippen molar-refractivity contribution in [3.8, 4) is 11.1 Å². The van der Waals surface area contributed by atoms with E-state index in [1.807, 2.05) is 4.90 Å². The molecule has 0 atom stereocenters. The van der Waals surface area contributed by atoms with Gasteiger partial charge in [0, 0.05) is 31.7 Å². The van der Waals surface area contributed by atoms with Crippen molar-refractivity contribution in [2.45, 2.75) is 6.18 Å². The topological polar surface area (TPSA) is 41.0 Å². The molecule has 3 rings (SSSR count). The van der Waals surface area contributed by atoms with E-state index in [1.54, 1.807) is 0 Å². The van der Waals surface area contributed by atoms with Gasteiger partial charge in [-0.2, -0.15) is 13.2 Å². The molecule has 0 amide bonds. The van der Waals surface area contributed by atoms with Gasteiger partial charge in [-0.1, -0.05) is 12.1 Å². The Morgan fingerprint density at radius 3 is 2.26 bits per heavy atom. The number of halogens is 4. The highest BCUT2D eigenvalue weighted by Gasteiger charge is 2.37. The first-order valence-electron chi connectivity index (χ1n) is 7.12. The van der Waals surface area contributed by atoms with E-state index in [0.29, 0.717) is 18.9 Å². The molecule has 23 heavy (non-hydrogen) atoms. The van der Waals surface area contributed by atoms with Crippen molar-refractivity contribution in [3.05, 3.63) is 41.8 Å². The molecule has 0 spiro atoms. The van der Waals surface area contributed by atoms with Crippen LogP contribution in [0.25, 0.3) is 11.1 Å². The number of rotatable bonds is 2. The van der Waals surface area contributed by atoms with Gasteiger partial charge in [-0.25, -0.2) is 4.39 Å². The number of hydrogen-bond acceptors (Lipinski definition) is 4. The summed E-state index contributed by atoms with van der Waals surface area (Å²) in [7, 11) is 0. The third-order valence-corrected chi connectivity index (χ3v) is 3.65. The van der Waals surface area contributed by atoms with E-state index < -0.39 is 17.7 Å². The standard InChI is InChI=1S/C15H14F4N4/c16-11-3-1-10(2-4-11)12-9-13(23-7-5-20-6-8-23)21-22-14(12)15(17,18)19/h1-4,9,20H,5-8H2. The molecule has 1 saturated heterocycles. The summed E-state index contributed by atoms with van der Waals surface area (Å²) >= 11 is 0. The second kappa shape index (κ2) is 6.11. The molecule has 8 heteroatoms. The van der Waals surface area contributed by atoms with Crippen LogP contribution in [0.15, 0.2) is 30.3 Å². The number of nitrogens with one attached hydrogen (secondary N) is 1. The largest absolute Gasteiger partial charge is 0.435 e. The maximum atomic E-state index is 13.2. The third kappa shape index (κ3) is 3.42. The number of piperazine rings is 1. The lowest BCUT2D eigenvalue weighted by molar-refractivity contribution is -0.141. The number of nitrogens with zero attached hydrogens (tertiary/aromatic N) is 3. The van der Waals surface area contributed by atoms with Gasteiger partial charge in [-0.05, 0) is 23.8 Å². The summed E-state index contributed by atoms with van der Waals surface area (Å²) in [5, 5.41) is 10.3. The van der Waals surface area contributed by atoms with Crippen LogP contribution in [0, 0.1) is 5.82 Å². The minimum atomic E-state index is -4.63. The molecule has 2 aromatic rings. The fraction of sp³-hybridized carbons (Fsp3) is 0.333. The first-order valence-corrected chi connectivity index (χ1v) is 7.12. The minimum Gasteiger partial charge on any atom is -0.353 e. The van der Waals surface area contributed by atoms with Crippen LogP contribution in [-0.2, 0) is 6.18 Å². The van der Waals surface area contributed by atoms with Crippen molar-refractivity contribution in [1.82, 2.24) is 15.5 Å². The van der Waals surface area contributed by atoms with E-state index in [2.05, 4.69) is 15.5 Å². The number of aromatic nitrogens is 2. The fourth-order valence-corrected chi connectivity index (χ4v) is 2.49.